The lowest BCUT2D eigenvalue weighted by atomic mass is 9.97. The summed E-state index contributed by atoms with van der Waals surface area (Å²) in [6.45, 7) is 2.44. The number of carbonyl (C=O) groups excluding carboxylic acids is 3. The van der Waals surface area contributed by atoms with E-state index in [4.69, 9.17) is 9.47 Å². The van der Waals surface area contributed by atoms with Gasteiger partial charge in [0, 0.05) is 19.3 Å². The Morgan fingerprint density at radius 2 is 1.87 bits per heavy atom. The number of amides is 1. The van der Waals surface area contributed by atoms with Gasteiger partial charge in [0.25, 0.3) is 5.91 Å². The second kappa shape index (κ2) is 10.5. The van der Waals surface area contributed by atoms with Crippen molar-refractivity contribution in [3.8, 4) is 0 Å². The summed E-state index contributed by atoms with van der Waals surface area (Å²) >= 11 is 0. The molecule has 2 heterocycles. The van der Waals surface area contributed by atoms with Gasteiger partial charge in [-0.3, -0.25) is 9.59 Å². The SMILES string of the molecule is CCOC(=O)C1CCN(C(=O)COC(=O)c2cccnc2Nc2ccccc2F)CC1. The van der Waals surface area contributed by atoms with Crippen LogP contribution >= 0.6 is 0 Å². The number of piperidine rings is 1. The molecule has 0 atom stereocenters. The van der Waals surface area contributed by atoms with Crippen LogP contribution in [0.1, 0.15) is 30.1 Å². The zero-order chi connectivity index (χ0) is 22.2. The maximum Gasteiger partial charge on any atom is 0.342 e. The molecule has 0 unspecified atom stereocenters. The van der Waals surface area contributed by atoms with E-state index in [1.807, 2.05) is 0 Å². The monoisotopic (exact) mass is 429 g/mol. The summed E-state index contributed by atoms with van der Waals surface area (Å²) in [4.78, 5) is 42.4. The number of nitrogens with zero attached hydrogens (tertiary/aromatic N) is 2. The van der Waals surface area contributed by atoms with Gasteiger partial charge in [-0.05, 0) is 44.0 Å². The largest absolute Gasteiger partial charge is 0.466 e. The first-order chi connectivity index (χ1) is 15.0. The minimum Gasteiger partial charge on any atom is -0.466 e. The summed E-state index contributed by atoms with van der Waals surface area (Å²) in [5.41, 5.74) is 0.246. The molecule has 1 N–H and O–H groups in total. The van der Waals surface area contributed by atoms with E-state index in [0.29, 0.717) is 32.5 Å². The molecule has 0 bridgehead atoms. The van der Waals surface area contributed by atoms with Crippen molar-refractivity contribution in [1.82, 2.24) is 9.88 Å². The number of para-hydroxylation sites is 1. The van der Waals surface area contributed by atoms with E-state index in [-0.39, 0.29) is 34.9 Å². The number of pyridine rings is 1. The number of aromatic nitrogens is 1. The van der Waals surface area contributed by atoms with Gasteiger partial charge < -0.3 is 19.7 Å². The third-order valence-electron chi connectivity index (χ3n) is 4.95. The fraction of sp³-hybridized carbons (Fsp3) is 0.364. The molecule has 0 saturated carbocycles. The smallest absolute Gasteiger partial charge is 0.342 e. The molecule has 1 saturated heterocycles. The number of nitrogens with one attached hydrogen (secondary N) is 1. The molecule has 0 radical (unpaired) electrons. The molecule has 2 aromatic rings. The molecule has 0 aliphatic carbocycles. The number of benzene rings is 1. The van der Waals surface area contributed by atoms with Crippen LogP contribution in [-0.4, -0.2) is 54.0 Å². The van der Waals surface area contributed by atoms with Gasteiger partial charge in [-0.15, -0.1) is 0 Å². The van der Waals surface area contributed by atoms with Crippen LogP contribution in [0.25, 0.3) is 0 Å². The van der Waals surface area contributed by atoms with Gasteiger partial charge >= 0.3 is 11.9 Å². The highest BCUT2D eigenvalue weighted by atomic mass is 19.1. The molecule has 3 rings (SSSR count). The van der Waals surface area contributed by atoms with Gasteiger partial charge in [-0.2, -0.15) is 0 Å². The number of rotatable bonds is 7. The van der Waals surface area contributed by atoms with Crippen molar-refractivity contribution >= 4 is 29.4 Å². The Hall–Kier alpha value is -3.49. The quantitative estimate of drug-likeness (QED) is 0.676. The number of hydrogen-bond donors (Lipinski definition) is 1. The van der Waals surface area contributed by atoms with Crippen LogP contribution in [-0.2, 0) is 19.1 Å². The maximum absolute atomic E-state index is 13.9. The maximum atomic E-state index is 13.9. The standard InChI is InChI=1S/C22H24FN3O5/c1-2-30-21(28)15-9-12-26(13-10-15)19(27)14-31-22(29)16-6-5-11-24-20(16)25-18-8-4-3-7-17(18)23/h3-8,11,15H,2,9-10,12-14H2,1H3,(H,24,25). The molecule has 1 aliphatic rings. The molecule has 1 aromatic carbocycles. The lowest BCUT2D eigenvalue weighted by Gasteiger charge is -2.30. The Bertz CT molecular complexity index is 944. The van der Waals surface area contributed by atoms with Gasteiger partial charge in [0.15, 0.2) is 6.61 Å². The van der Waals surface area contributed by atoms with Crippen LogP contribution in [0.2, 0.25) is 0 Å². The third kappa shape index (κ3) is 5.78. The predicted molar refractivity (Wildman–Crippen MR) is 110 cm³/mol. The molecule has 164 valence electrons. The minimum absolute atomic E-state index is 0.0829. The Morgan fingerprint density at radius 3 is 2.58 bits per heavy atom. The van der Waals surface area contributed by atoms with Crippen molar-refractivity contribution in [3.05, 3.63) is 54.0 Å². The highest BCUT2D eigenvalue weighted by molar-refractivity contribution is 5.96. The van der Waals surface area contributed by atoms with E-state index in [9.17, 15) is 18.8 Å². The van der Waals surface area contributed by atoms with Crippen LogP contribution < -0.4 is 5.32 Å². The van der Waals surface area contributed by atoms with Crippen LogP contribution in [0, 0.1) is 11.7 Å². The summed E-state index contributed by atoms with van der Waals surface area (Å²) in [5, 5.41) is 2.77. The molecule has 31 heavy (non-hydrogen) atoms. The summed E-state index contributed by atoms with van der Waals surface area (Å²) in [6, 6.07) is 9.03. The summed E-state index contributed by atoms with van der Waals surface area (Å²) in [5.74, 6) is -1.92. The molecule has 1 aliphatic heterocycles. The molecular formula is C22H24FN3O5. The Kier molecular flexibility index (Phi) is 7.53. The van der Waals surface area contributed by atoms with Crippen molar-refractivity contribution in [1.29, 1.82) is 0 Å². The predicted octanol–water partition coefficient (Wildman–Crippen LogP) is 2.92. The number of likely N-dealkylation sites (tertiary alicyclic amines) is 1. The number of halogens is 1. The van der Waals surface area contributed by atoms with Gasteiger partial charge in [-0.25, -0.2) is 14.2 Å². The van der Waals surface area contributed by atoms with Crippen LogP contribution in [0.3, 0.4) is 0 Å². The first kappa shape index (κ1) is 22.2. The highest BCUT2D eigenvalue weighted by Gasteiger charge is 2.28. The lowest BCUT2D eigenvalue weighted by Crippen LogP contribution is -2.42. The third-order valence-corrected chi connectivity index (χ3v) is 4.95. The van der Waals surface area contributed by atoms with Crippen molar-refractivity contribution < 1.29 is 28.2 Å². The summed E-state index contributed by atoms with van der Waals surface area (Å²) in [7, 11) is 0. The molecule has 1 aromatic heterocycles. The van der Waals surface area contributed by atoms with Crippen LogP contribution in [0.15, 0.2) is 42.6 Å². The molecule has 1 fully saturated rings. The van der Waals surface area contributed by atoms with E-state index >= 15 is 0 Å². The molecule has 0 spiro atoms. The van der Waals surface area contributed by atoms with Gasteiger partial charge in [0.05, 0.1) is 18.2 Å². The van der Waals surface area contributed by atoms with Gasteiger partial charge in [0.2, 0.25) is 0 Å². The van der Waals surface area contributed by atoms with E-state index in [0.717, 1.165) is 0 Å². The normalized spacial score (nSPS) is 14.1. The van der Waals surface area contributed by atoms with Crippen LogP contribution in [0.5, 0.6) is 0 Å². The van der Waals surface area contributed by atoms with Gasteiger partial charge in [0.1, 0.15) is 17.2 Å². The first-order valence-electron chi connectivity index (χ1n) is 10.1. The highest BCUT2D eigenvalue weighted by Crippen LogP contribution is 2.22. The van der Waals surface area contributed by atoms with E-state index in [1.165, 1.54) is 24.4 Å². The molecule has 1 amide bonds. The summed E-state index contributed by atoms with van der Waals surface area (Å²) < 4.78 is 24.1. The second-order valence-corrected chi connectivity index (χ2v) is 6.99. The Balaban J connectivity index is 1.55. The van der Waals surface area contributed by atoms with E-state index < -0.39 is 18.4 Å². The lowest BCUT2D eigenvalue weighted by molar-refractivity contribution is -0.151. The average molecular weight is 429 g/mol. The topological polar surface area (TPSA) is 97.8 Å². The number of anilines is 2. The molecule has 8 nitrogen and oxygen atoms in total. The Labute approximate surface area is 179 Å². The Morgan fingerprint density at radius 1 is 1.13 bits per heavy atom. The summed E-state index contributed by atoms with van der Waals surface area (Å²) in [6.07, 6.45) is 2.48. The zero-order valence-electron chi connectivity index (χ0n) is 17.2. The number of hydrogen-bond acceptors (Lipinski definition) is 7. The molecular weight excluding hydrogens is 405 g/mol. The van der Waals surface area contributed by atoms with Crippen LogP contribution in [0.4, 0.5) is 15.9 Å². The fourth-order valence-corrected chi connectivity index (χ4v) is 3.28. The average Bonchev–Trinajstić information content (AvgIpc) is 2.79. The minimum atomic E-state index is -0.748. The number of ether oxygens (including phenoxy) is 2. The number of esters is 2. The van der Waals surface area contributed by atoms with Crippen molar-refractivity contribution in [2.75, 3.05) is 31.6 Å². The van der Waals surface area contributed by atoms with Crippen molar-refractivity contribution in [3.63, 3.8) is 0 Å². The molecule has 9 heteroatoms. The van der Waals surface area contributed by atoms with E-state index in [1.54, 1.807) is 30.0 Å². The fourth-order valence-electron chi connectivity index (χ4n) is 3.28. The zero-order valence-corrected chi connectivity index (χ0v) is 17.2. The number of carbonyl (C=O) groups is 3. The second-order valence-electron chi connectivity index (χ2n) is 6.99. The van der Waals surface area contributed by atoms with E-state index in [2.05, 4.69) is 10.3 Å². The van der Waals surface area contributed by atoms with Gasteiger partial charge in [-0.1, -0.05) is 12.1 Å². The van der Waals surface area contributed by atoms with Crippen molar-refractivity contribution in [2.45, 2.75) is 19.8 Å². The van der Waals surface area contributed by atoms with Crippen molar-refractivity contribution in [2.24, 2.45) is 5.92 Å². The first-order valence-corrected chi connectivity index (χ1v) is 10.1.